The highest BCUT2D eigenvalue weighted by Crippen LogP contribution is 2.23. The van der Waals surface area contributed by atoms with Crippen LogP contribution in [0.1, 0.15) is 11.3 Å². The molecule has 86 valence electrons. The van der Waals surface area contributed by atoms with Crippen molar-refractivity contribution in [2.45, 2.75) is 13.8 Å². The molecule has 5 nitrogen and oxygen atoms in total. The maximum absolute atomic E-state index is 5.90. The van der Waals surface area contributed by atoms with Crippen LogP contribution in [0.25, 0.3) is 17.0 Å². The number of nitrogens with zero attached hydrogens (tertiary/aromatic N) is 3. The Morgan fingerprint density at radius 3 is 2.82 bits per heavy atom. The molecule has 0 radical (unpaired) electrons. The number of nitrogens with one attached hydrogen (secondary N) is 1. The summed E-state index contributed by atoms with van der Waals surface area (Å²) < 4.78 is 1.82. The summed E-state index contributed by atoms with van der Waals surface area (Å²) in [6, 6.07) is 8.14. The molecule has 0 fully saturated rings. The Bertz CT molecular complexity index is 692. The average Bonchev–Trinajstić information content (AvgIpc) is 2.82. The zero-order chi connectivity index (χ0) is 12.0. The minimum atomic E-state index is 0.649. The van der Waals surface area contributed by atoms with Gasteiger partial charge in [0.2, 0.25) is 5.65 Å². The number of aryl methyl sites for hydroxylation is 2. The lowest BCUT2D eigenvalue weighted by Gasteiger charge is -1.98. The van der Waals surface area contributed by atoms with Crippen molar-refractivity contribution in [1.82, 2.24) is 19.8 Å². The maximum atomic E-state index is 5.90. The van der Waals surface area contributed by atoms with Crippen LogP contribution < -0.4 is 5.73 Å². The number of hydrogen-bond acceptors (Lipinski definition) is 3. The highest BCUT2D eigenvalue weighted by molar-refractivity contribution is 5.71. The molecule has 0 saturated carbocycles. The van der Waals surface area contributed by atoms with Gasteiger partial charge in [0, 0.05) is 5.56 Å². The number of aromatic nitrogens is 4. The van der Waals surface area contributed by atoms with Gasteiger partial charge in [0.05, 0.1) is 11.4 Å². The van der Waals surface area contributed by atoms with Crippen molar-refractivity contribution in [3.8, 4) is 11.4 Å². The van der Waals surface area contributed by atoms with Gasteiger partial charge in [-0.05, 0) is 19.9 Å². The second-order valence-corrected chi connectivity index (χ2v) is 4.20. The van der Waals surface area contributed by atoms with Gasteiger partial charge >= 0.3 is 0 Å². The number of fused-ring (bicyclic) bond motifs is 1. The van der Waals surface area contributed by atoms with Crippen LogP contribution in [0.5, 0.6) is 0 Å². The van der Waals surface area contributed by atoms with E-state index in [1.54, 1.807) is 0 Å². The highest BCUT2D eigenvalue weighted by Gasteiger charge is 2.13. The molecule has 0 aliphatic heterocycles. The number of anilines is 1. The summed E-state index contributed by atoms with van der Waals surface area (Å²) in [6.07, 6.45) is 0. The zero-order valence-corrected chi connectivity index (χ0v) is 9.73. The lowest BCUT2D eigenvalue weighted by Crippen LogP contribution is -1.90. The highest BCUT2D eigenvalue weighted by atomic mass is 15.4. The summed E-state index contributed by atoms with van der Waals surface area (Å²) in [4.78, 5) is 0. The van der Waals surface area contributed by atoms with E-state index in [1.807, 2.05) is 23.6 Å². The van der Waals surface area contributed by atoms with E-state index in [4.69, 9.17) is 5.73 Å². The first-order chi connectivity index (χ1) is 8.16. The maximum Gasteiger partial charge on any atom is 0.201 e. The van der Waals surface area contributed by atoms with Crippen molar-refractivity contribution in [3.63, 3.8) is 0 Å². The van der Waals surface area contributed by atoms with Gasteiger partial charge in [0.1, 0.15) is 0 Å². The third-order valence-corrected chi connectivity index (χ3v) is 2.86. The quantitative estimate of drug-likeness (QED) is 0.667. The minimum Gasteiger partial charge on any atom is -0.394 e. The average molecular weight is 227 g/mol. The van der Waals surface area contributed by atoms with Crippen LogP contribution in [0.4, 0.5) is 5.69 Å². The van der Waals surface area contributed by atoms with Crippen molar-refractivity contribution in [2.75, 3.05) is 5.73 Å². The van der Waals surface area contributed by atoms with Gasteiger partial charge in [0.25, 0.3) is 0 Å². The van der Waals surface area contributed by atoms with Gasteiger partial charge in [0.15, 0.2) is 5.82 Å². The van der Waals surface area contributed by atoms with Crippen LogP contribution >= 0.6 is 0 Å². The molecule has 3 N–H and O–H groups in total. The molecule has 0 saturated heterocycles. The Kier molecular flexibility index (Phi) is 1.95. The molecule has 3 aromatic rings. The van der Waals surface area contributed by atoms with Gasteiger partial charge < -0.3 is 5.73 Å². The van der Waals surface area contributed by atoms with Crippen molar-refractivity contribution < 1.29 is 0 Å². The molecule has 5 heteroatoms. The van der Waals surface area contributed by atoms with Gasteiger partial charge in [-0.1, -0.05) is 23.8 Å². The first-order valence-electron chi connectivity index (χ1n) is 5.43. The molecule has 0 bridgehead atoms. The van der Waals surface area contributed by atoms with E-state index in [9.17, 15) is 0 Å². The molecule has 0 aliphatic carbocycles. The Hall–Kier alpha value is -2.30. The largest absolute Gasteiger partial charge is 0.394 e. The van der Waals surface area contributed by atoms with E-state index in [1.165, 1.54) is 5.56 Å². The van der Waals surface area contributed by atoms with Crippen LogP contribution in [0.3, 0.4) is 0 Å². The summed E-state index contributed by atoms with van der Waals surface area (Å²) in [5.41, 5.74) is 10.4. The SMILES string of the molecule is Cc1cccc(-c2nnc3c(N)c(C)[nH]n23)c1. The number of nitrogen functional groups attached to an aromatic ring is 1. The summed E-state index contributed by atoms with van der Waals surface area (Å²) in [7, 11) is 0. The Morgan fingerprint density at radius 2 is 2.06 bits per heavy atom. The monoisotopic (exact) mass is 227 g/mol. The standard InChI is InChI=1S/C12H13N5/c1-7-4-3-5-9(6-7)11-14-15-12-10(13)8(2)16-17(11)12/h3-6,16H,13H2,1-2H3. The normalized spacial score (nSPS) is 11.2. The molecule has 1 aromatic carbocycles. The molecule has 0 aliphatic rings. The molecule has 2 heterocycles. The van der Waals surface area contributed by atoms with E-state index in [0.717, 1.165) is 17.1 Å². The number of H-pyrrole nitrogens is 1. The summed E-state index contributed by atoms with van der Waals surface area (Å²) in [5.74, 6) is 0.781. The Balaban J connectivity index is 2.27. The van der Waals surface area contributed by atoms with Crippen LogP contribution in [-0.4, -0.2) is 19.8 Å². The lowest BCUT2D eigenvalue weighted by atomic mass is 10.1. The zero-order valence-electron chi connectivity index (χ0n) is 9.73. The Labute approximate surface area is 98.3 Å². The number of hydrogen-bond donors (Lipinski definition) is 2. The van der Waals surface area contributed by atoms with Gasteiger partial charge in [-0.2, -0.15) is 0 Å². The number of aromatic amines is 1. The first-order valence-corrected chi connectivity index (χ1v) is 5.43. The van der Waals surface area contributed by atoms with E-state index in [0.29, 0.717) is 11.3 Å². The molecule has 0 spiro atoms. The third kappa shape index (κ3) is 1.39. The van der Waals surface area contributed by atoms with E-state index in [-0.39, 0.29) is 0 Å². The molecule has 0 atom stereocenters. The Morgan fingerprint density at radius 1 is 1.24 bits per heavy atom. The number of benzene rings is 1. The smallest absolute Gasteiger partial charge is 0.201 e. The number of rotatable bonds is 1. The van der Waals surface area contributed by atoms with Crippen molar-refractivity contribution in [3.05, 3.63) is 35.5 Å². The lowest BCUT2D eigenvalue weighted by molar-refractivity contribution is 0.938. The molecular formula is C12H13N5. The van der Waals surface area contributed by atoms with E-state index < -0.39 is 0 Å². The van der Waals surface area contributed by atoms with Crippen molar-refractivity contribution in [2.24, 2.45) is 0 Å². The van der Waals surface area contributed by atoms with Crippen LogP contribution in [0.2, 0.25) is 0 Å². The second-order valence-electron chi connectivity index (χ2n) is 4.20. The first kappa shape index (κ1) is 9.89. The van der Waals surface area contributed by atoms with Crippen molar-refractivity contribution in [1.29, 1.82) is 0 Å². The fraction of sp³-hybridized carbons (Fsp3) is 0.167. The minimum absolute atomic E-state index is 0.649. The van der Waals surface area contributed by atoms with E-state index >= 15 is 0 Å². The molecule has 0 unspecified atom stereocenters. The van der Waals surface area contributed by atoms with Crippen molar-refractivity contribution >= 4 is 11.3 Å². The molecule has 2 aromatic heterocycles. The fourth-order valence-corrected chi connectivity index (χ4v) is 1.93. The van der Waals surface area contributed by atoms with Gasteiger partial charge in [-0.25, -0.2) is 4.52 Å². The predicted molar refractivity (Wildman–Crippen MR) is 66.7 cm³/mol. The second kappa shape index (κ2) is 3.35. The molecular weight excluding hydrogens is 214 g/mol. The van der Waals surface area contributed by atoms with Gasteiger partial charge in [-0.15, -0.1) is 10.2 Å². The van der Waals surface area contributed by atoms with Crippen LogP contribution in [0, 0.1) is 13.8 Å². The molecule has 17 heavy (non-hydrogen) atoms. The fourth-order valence-electron chi connectivity index (χ4n) is 1.93. The summed E-state index contributed by atoms with van der Waals surface area (Å²) in [6.45, 7) is 3.97. The summed E-state index contributed by atoms with van der Waals surface area (Å²) in [5, 5.41) is 11.4. The van der Waals surface area contributed by atoms with Crippen LogP contribution in [-0.2, 0) is 0 Å². The summed E-state index contributed by atoms with van der Waals surface area (Å²) >= 11 is 0. The van der Waals surface area contributed by atoms with Gasteiger partial charge in [-0.3, -0.25) is 5.10 Å². The third-order valence-electron chi connectivity index (χ3n) is 2.86. The number of nitrogens with two attached hydrogens (primary N) is 1. The van der Waals surface area contributed by atoms with E-state index in [2.05, 4.69) is 34.4 Å². The molecule has 3 rings (SSSR count). The molecule has 0 amide bonds. The topological polar surface area (TPSA) is 72.0 Å². The predicted octanol–water partition coefficient (Wildman–Crippen LogP) is 1.92. The van der Waals surface area contributed by atoms with Crippen LogP contribution in [0.15, 0.2) is 24.3 Å².